The van der Waals surface area contributed by atoms with Crippen molar-refractivity contribution in [2.24, 2.45) is 0 Å². The fourth-order valence-corrected chi connectivity index (χ4v) is 3.01. The largest absolute Gasteiger partial charge is 0.493 e. The number of nitrogens with one attached hydrogen (secondary N) is 1. The molecule has 9 heteroatoms. The zero-order valence-corrected chi connectivity index (χ0v) is 17.9. The van der Waals surface area contributed by atoms with Crippen LogP contribution in [0.15, 0.2) is 52.6 Å². The van der Waals surface area contributed by atoms with Gasteiger partial charge in [0.05, 0.1) is 20.8 Å². The molecule has 0 bridgehead atoms. The van der Waals surface area contributed by atoms with E-state index in [2.05, 4.69) is 26.0 Å². The van der Waals surface area contributed by atoms with E-state index in [9.17, 15) is 14.4 Å². The Morgan fingerprint density at radius 2 is 1.83 bits per heavy atom. The zero-order valence-electron chi connectivity index (χ0n) is 16.3. The number of nitrogens with zero attached hydrogens (tertiary/aromatic N) is 1. The third kappa shape index (κ3) is 4.98. The predicted molar refractivity (Wildman–Crippen MR) is 112 cm³/mol. The first kappa shape index (κ1) is 21.4. The molecule has 2 aromatic rings. The second-order valence-corrected chi connectivity index (χ2v) is 7.20. The van der Waals surface area contributed by atoms with Crippen molar-refractivity contribution < 1.29 is 28.6 Å². The van der Waals surface area contributed by atoms with Gasteiger partial charge >= 0.3 is 12.0 Å². The SMILES string of the molecule is COC(=O)COc1ccc(C=C2NC(=O)N(Cc3ccc(Br)cc3)C2=O)cc1OC. The van der Waals surface area contributed by atoms with Gasteiger partial charge in [0.15, 0.2) is 18.1 Å². The predicted octanol–water partition coefficient (Wildman–Crippen LogP) is 3.10. The summed E-state index contributed by atoms with van der Waals surface area (Å²) in [5.74, 6) is -0.221. The fraction of sp³-hybridized carbons (Fsp3) is 0.190. The minimum Gasteiger partial charge on any atom is -0.493 e. The Kier molecular flexibility index (Phi) is 6.73. The van der Waals surface area contributed by atoms with E-state index < -0.39 is 17.9 Å². The van der Waals surface area contributed by atoms with Crippen LogP contribution in [0, 0.1) is 0 Å². The van der Waals surface area contributed by atoms with Crippen molar-refractivity contribution in [1.29, 1.82) is 0 Å². The van der Waals surface area contributed by atoms with Gasteiger partial charge in [0.1, 0.15) is 5.70 Å². The Hall–Kier alpha value is -3.33. The maximum absolute atomic E-state index is 12.7. The van der Waals surface area contributed by atoms with Gasteiger partial charge in [-0.2, -0.15) is 0 Å². The molecule has 1 aliphatic rings. The van der Waals surface area contributed by atoms with E-state index >= 15 is 0 Å². The lowest BCUT2D eigenvalue weighted by atomic mass is 10.1. The summed E-state index contributed by atoms with van der Waals surface area (Å²) in [4.78, 5) is 37.3. The highest BCUT2D eigenvalue weighted by molar-refractivity contribution is 9.10. The topological polar surface area (TPSA) is 94.2 Å². The number of halogens is 1. The highest BCUT2D eigenvalue weighted by Crippen LogP contribution is 2.29. The van der Waals surface area contributed by atoms with Crippen LogP contribution in [-0.2, 0) is 20.9 Å². The number of urea groups is 1. The first-order valence-corrected chi connectivity index (χ1v) is 9.67. The Morgan fingerprint density at radius 3 is 2.50 bits per heavy atom. The summed E-state index contributed by atoms with van der Waals surface area (Å²) in [6, 6.07) is 11.8. The molecule has 1 saturated heterocycles. The zero-order chi connectivity index (χ0) is 21.7. The van der Waals surface area contributed by atoms with Gasteiger partial charge < -0.3 is 19.5 Å². The van der Waals surface area contributed by atoms with Crippen LogP contribution in [0.1, 0.15) is 11.1 Å². The molecular weight excluding hydrogens is 456 g/mol. The molecule has 1 fully saturated rings. The number of hydrogen-bond donors (Lipinski definition) is 1. The van der Waals surface area contributed by atoms with Crippen LogP contribution in [0.5, 0.6) is 11.5 Å². The minimum absolute atomic E-state index is 0.155. The van der Waals surface area contributed by atoms with Crippen LogP contribution in [0.3, 0.4) is 0 Å². The van der Waals surface area contributed by atoms with Crippen molar-refractivity contribution in [3.05, 3.63) is 63.8 Å². The number of amides is 3. The fourth-order valence-electron chi connectivity index (χ4n) is 2.74. The Morgan fingerprint density at radius 1 is 1.10 bits per heavy atom. The molecule has 1 aliphatic heterocycles. The Bertz CT molecular complexity index is 1000. The summed E-state index contributed by atoms with van der Waals surface area (Å²) in [6.45, 7) is -0.0915. The second kappa shape index (κ2) is 9.45. The van der Waals surface area contributed by atoms with Gasteiger partial charge in [-0.25, -0.2) is 9.59 Å². The van der Waals surface area contributed by atoms with E-state index in [1.807, 2.05) is 24.3 Å². The van der Waals surface area contributed by atoms with E-state index in [0.717, 1.165) is 14.9 Å². The first-order chi connectivity index (χ1) is 14.4. The molecule has 0 radical (unpaired) electrons. The number of methoxy groups -OCH3 is 2. The molecule has 8 nitrogen and oxygen atoms in total. The normalized spacial score (nSPS) is 14.6. The molecule has 1 heterocycles. The molecule has 3 amide bonds. The van der Waals surface area contributed by atoms with Crippen molar-refractivity contribution in [3.8, 4) is 11.5 Å². The van der Waals surface area contributed by atoms with E-state index in [1.165, 1.54) is 14.2 Å². The molecule has 0 atom stereocenters. The third-order valence-corrected chi connectivity index (χ3v) is 4.82. The molecule has 0 unspecified atom stereocenters. The maximum atomic E-state index is 12.7. The third-order valence-electron chi connectivity index (χ3n) is 4.29. The van der Waals surface area contributed by atoms with E-state index in [0.29, 0.717) is 17.1 Å². The maximum Gasteiger partial charge on any atom is 0.343 e. The molecule has 1 N–H and O–H groups in total. The number of carbonyl (C=O) groups is 3. The van der Waals surface area contributed by atoms with Crippen molar-refractivity contribution in [2.45, 2.75) is 6.54 Å². The molecule has 0 aromatic heterocycles. The number of imide groups is 1. The van der Waals surface area contributed by atoms with Gasteiger partial charge in [-0.05, 0) is 41.5 Å². The molecule has 0 aliphatic carbocycles. The summed E-state index contributed by atoms with van der Waals surface area (Å²) in [5, 5.41) is 2.59. The van der Waals surface area contributed by atoms with Crippen LogP contribution >= 0.6 is 15.9 Å². The minimum atomic E-state index is -0.520. The molecule has 3 rings (SSSR count). The van der Waals surface area contributed by atoms with Crippen LogP contribution in [0.25, 0.3) is 6.08 Å². The van der Waals surface area contributed by atoms with Gasteiger partial charge in [0, 0.05) is 4.47 Å². The molecular formula is C21H19BrN2O6. The Balaban J connectivity index is 1.76. The number of ether oxygens (including phenoxy) is 3. The molecule has 2 aromatic carbocycles. The standard InChI is InChI=1S/C21H19BrN2O6/c1-28-18-10-14(5-8-17(18)30-12-19(25)29-2)9-16-20(26)24(21(27)23-16)11-13-3-6-15(22)7-4-13/h3-10H,11-12H2,1-2H3,(H,23,27). The van der Waals surface area contributed by atoms with Gasteiger partial charge in [-0.1, -0.05) is 34.1 Å². The average Bonchev–Trinajstić information content (AvgIpc) is 3.01. The smallest absolute Gasteiger partial charge is 0.343 e. The molecule has 30 heavy (non-hydrogen) atoms. The highest BCUT2D eigenvalue weighted by Gasteiger charge is 2.33. The van der Waals surface area contributed by atoms with E-state index in [4.69, 9.17) is 9.47 Å². The molecule has 0 saturated carbocycles. The van der Waals surface area contributed by atoms with Gasteiger partial charge in [-0.3, -0.25) is 9.69 Å². The first-order valence-electron chi connectivity index (χ1n) is 8.88. The number of esters is 1. The lowest BCUT2D eigenvalue weighted by Gasteiger charge is -2.12. The van der Waals surface area contributed by atoms with Crippen molar-refractivity contribution in [1.82, 2.24) is 10.2 Å². The highest BCUT2D eigenvalue weighted by atomic mass is 79.9. The van der Waals surface area contributed by atoms with Gasteiger partial charge in [0.25, 0.3) is 5.91 Å². The van der Waals surface area contributed by atoms with Crippen LogP contribution < -0.4 is 14.8 Å². The number of rotatable bonds is 7. The van der Waals surface area contributed by atoms with Crippen molar-refractivity contribution in [2.75, 3.05) is 20.8 Å². The lowest BCUT2D eigenvalue weighted by molar-refractivity contribution is -0.142. The van der Waals surface area contributed by atoms with Crippen molar-refractivity contribution >= 4 is 39.9 Å². The van der Waals surface area contributed by atoms with Crippen LogP contribution in [0.4, 0.5) is 4.79 Å². The average molecular weight is 475 g/mol. The van der Waals surface area contributed by atoms with Crippen LogP contribution in [0.2, 0.25) is 0 Å². The van der Waals surface area contributed by atoms with E-state index in [-0.39, 0.29) is 18.8 Å². The number of hydrogen-bond acceptors (Lipinski definition) is 6. The van der Waals surface area contributed by atoms with Crippen LogP contribution in [-0.4, -0.2) is 43.6 Å². The monoisotopic (exact) mass is 474 g/mol. The van der Waals surface area contributed by atoms with E-state index in [1.54, 1.807) is 24.3 Å². The lowest BCUT2D eigenvalue weighted by Crippen LogP contribution is -2.30. The molecule has 0 spiro atoms. The quantitative estimate of drug-likeness (QED) is 0.376. The second-order valence-electron chi connectivity index (χ2n) is 6.28. The number of benzene rings is 2. The van der Waals surface area contributed by atoms with Gasteiger partial charge in [0.2, 0.25) is 0 Å². The Labute approximate surface area is 181 Å². The summed E-state index contributed by atoms with van der Waals surface area (Å²) in [5.41, 5.74) is 1.60. The summed E-state index contributed by atoms with van der Waals surface area (Å²) in [6.07, 6.45) is 1.55. The summed E-state index contributed by atoms with van der Waals surface area (Å²) >= 11 is 3.35. The number of carbonyl (C=O) groups excluding carboxylic acids is 3. The summed E-state index contributed by atoms with van der Waals surface area (Å²) < 4.78 is 16.1. The molecule has 156 valence electrons. The van der Waals surface area contributed by atoms with Gasteiger partial charge in [-0.15, -0.1) is 0 Å². The summed E-state index contributed by atoms with van der Waals surface area (Å²) in [7, 11) is 2.73. The van der Waals surface area contributed by atoms with Crippen molar-refractivity contribution in [3.63, 3.8) is 0 Å².